The first-order chi connectivity index (χ1) is 13.3. The summed E-state index contributed by atoms with van der Waals surface area (Å²) in [7, 11) is 0. The molecule has 0 fully saturated rings. The highest BCUT2D eigenvalue weighted by atomic mass is 35.5. The number of halogens is 4. The van der Waals surface area contributed by atoms with Gasteiger partial charge in [-0.1, -0.05) is 35.0 Å². The van der Waals surface area contributed by atoms with E-state index in [9.17, 15) is 18.0 Å². The first-order valence-corrected chi connectivity index (χ1v) is 8.48. The van der Waals surface area contributed by atoms with E-state index in [1.54, 1.807) is 24.3 Å². The average Bonchev–Trinajstić information content (AvgIpc) is 3.15. The summed E-state index contributed by atoms with van der Waals surface area (Å²) in [5.41, 5.74) is -0.325. The third-order valence-corrected chi connectivity index (χ3v) is 4.57. The molecule has 9 heteroatoms. The summed E-state index contributed by atoms with van der Waals surface area (Å²) >= 11 is 6.19. The van der Waals surface area contributed by atoms with E-state index in [0.29, 0.717) is 16.6 Å². The fourth-order valence-electron chi connectivity index (χ4n) is 2.97. The Morgan fingerprint density at radius 1 is 1.14 bits per heavy atom. The summed E-state index contributed by atoms with van der Waals surface area (Å²) in [6.45, 7) is 0. The van der Waals surface area contributed by atoms with Crippen LogP contribution in [-0.2, 0) is 12.6 Å². The van der Waals surface area contributed by atoms with Crippen molar-refractivity contribution in [2.45, 2.75) is 12.6 Å². The fraction of sp³-hybridized carbons (Fsp3) is 0.105. The predicted octanol–water partition coefficient (Wildman–Crippen LogP) is 4.64. The molecule has 0 aliphatic rings. The number of nitrogens with zero attached hydrogens (tertiary/aromatic N) is 3. The molecule has 0 N–H and O–H groups in total. The van der Waals surface area contributed by atoms with Crippen LogP contribution in [0, 0.1) is 0 Å². The zero-order chi connectivity index (χ0) is 19.9. The van der Waals surface area contributed by atoms with Gasteiger partial charge in [-0.2, -0.15) is 18.2 Å². The molecule has 0 bridgehead atoms. The van der Waals surface area contributed by atoms with Crippen molar-refractivity contribution in [3.63, 3.8) is 0 Å². The fourth-order valence-corrected chi connectivity index (χ4v) is 3.19. The third-order valence-electron chi connectivity index (χ3n) is 4.25. The number of hydrogen-bond acceptors (Lipinski definition) is 4. The van der Waals surface area contributed by atoms with Crippen molar-refractivity contribution in [3.05, 3.63) is 87.3 Å². The Bertz CT molecular complexity index is 1220. The second-order valence-electron chi connectivity index (χ2n) is 6.07. The van der Waals surface area contributed by atoms with Crippen molar-refractivity contribution in [1.82, 2.24) is 14.7 Å². The van der Waals surface area contributed by atoms with Gasteiger partial charge in [-0.25, -0.2) is 4.79 Å². The molecule has 2 aromatic carbocycles. The first-order valence-electron chi connectivity index (χ1n) is 8.10. The van der Waals surface area contributed by atoms with Gasteiger partial charge in [0.05, 0.1) is 33.7 Å². The van der Waals surface area contributed by atoms with Gasteiger partial charge in [0.15, 0.2) is 0 Å². The van der Waals surface area contributed by atoms with Gasteiger partial charge >= 0.3 is 11.9 Å². The van der Waals surface area contributed by atoms with Gasteiger partial charge in [0.1, 0.15) is 6.26 Å². The molecule has 0 spiro atoms. The monoisotopic (exact) mass is 405 g/mol. The lowest BCUT2D eigenvalue weighted by molar-refractivity contribution is -0.137. The molecule has 0 radical (unpaired) electrons. The van der Waals surface area contributed by atoms with Gasteiger partial charge in [0.2, 0.25) is 0 Å². The molecule has 0 unspecified atom stereocenters. The van der Waals surface area contributed by atoms with E-state index in [1.165, 1.54) is 18.5 Å². The lowest BCUT2D eigenvalue weighted by Gasteiger charge is -2.15. The Morgan fingerprint density at radius 3 is 2.61 bits per heavy atom. The highest BCUT2D eigenvalue weighted by Crippen LogP contribution is 2.33. The van der Waals surface area contributed by atoms with Gasteiger partial charge in [-0.15, -0.1) is 0 Å². The maximum absolute atomic E-state index is 13.3. The predicted molar refractivity (Wildman–Crippen MR) is 96.7 cm³/mol. The Morgan fingerprint density at radius 2 is 1.93 bits per heavy atom. The maximum Gasteiger partial charge on any atom is 0.416 e. The number of aromatic nitrogens is 3. The topological polar surface area (TPSA) is 60.9 Å². The molecule has 2 aromatic heterocycles. The van der Waals surface area contributed by atoms with Crippen LogP contribution in [0.25, 0.3) is 16.6 Å². The molecule has 4 rings (SSSR count). The molecule has 0 atom stereocenters. The minimum absolute atomic E-state index is 0.0642. The quantitative estimate of drug-likeness (QED) is 0.498. The normalized spacial score (nSPS) is 11.9. The molecule has 4 aromatic rings. The number of rotatable bonds is 3. The Kier molecular flexibility index (Phi) is 4.43. The van der Waals surface area contributed by atoms with E-state index in [4.69, 9.17) is 16.1 Å². The highest BCUT2D eigenvalue weighted by Gasteiger charge is 2.31. The molecule has 5 nitrogen and oxygen atoms in total. The van der Waals surface area contributed by atoms with Crippen molar-refractivity contribution < 1.29 is 17.7 Å². The van der Waals surface area contributed by atoms with E-state index >= 15 is 0 Å². The molecular weight excluding hydrogens is 395 g/mol. The second kappa shape index (κ2) is 6.79. The van der Waals surface area contributed by atoms with Gasteiger partial charge in [0, 0.05) is 17.4 Å². The van der Waals surface area contributed by atoms with Crippen LogP contribution in [-0.4, -0.2) is 14.7 Å². The summed E-state index contributed by atoms with van der Waals surface area (Å²) in [5.74, 6) is 0. The molecule has 0 saturated heterocycles. The Balaban J connectivity index is 2.04. The molecule has 0 aliphatic heterocycles. The summed E-state index contributed by atoms with van der Waals surface area (Å²) < 4.78 is 45.7. The zero-order valence-electron chi connectivity index (χ0n) is 14.1. The van der Waals surface area contributed by atoms with Crippen LogP contribution in [0.15, 0.2) is 64.2 Å². The van der Waals surface area contributed by atoms with E-state index in [-0.39, 0.29) is 22.6 Å². The molecule has 0 saturated carbocycles. The molecule has 2 heterocycles. The van der Waals surface area contributed by atoms with Crippen LogP contribution in [0.5, 0.6) is 0 Å². The van der Waals surface area contributed by atoms with Gasteiger partial charge in [-0.05, 0) is 24.3 Å². The van der Waals surface area contributed by atoms with E-state index < -0.39 is 17.4 Å². The van der Waals surface area contributed by atoms with Crippen molar-refractivity contribution in [2.24, 2.45) is 0 Å². The van der Waals surface area contributed by atoms with Crippen molar-refractivity contribution >= 4 is 22.5 Å². The van der Waals surface area contributed by atoms with E-state index in [0.717, 1.165) is 16.7 Å². The number of alkyl halides is 3. The van der Waals surface area contributed by atoms with E-state index in [2.05, 4.69) is 10.1 Å². The molecule has 28 heavy (non-hydrogen) atoms. The zero-order valence-corrected chi connectivity index (χ0v) is 14.8. The Hall–Kier alpha value is -3.13. The third kappa shape index (κ3) is 3.27. The van der Waals surface area contributed by atoms with Crippen molar-refractivity contribution in [1.29, 1.82) is 0 Å². The standard InChI is InChI=1S/C19H11ClF3N3O2/c20-14-3-1-2-4-16(14)26-17-8-12(19(21,22)23)5-6-13(17)15(25-18(26)27)7-11-9-24-28-10-11/h1-6,8-10H,7H2. The minimum atomic E-state index is -4.56. The number of fused-ring (bicyclic) bond motifs is 1. The molecule has 142 valence electrons. The number of benzene rings is 2. The molecule has 0 amide bonds. The molecular formula is C19H11ClF3N3O2. The summed E-state index contributed by atoms with van der Waals surface area (Å²) in [6, 6.07) is 9.59. The average molecular weight is 406 g/mol. The lowest BCUT2D eigenvalue weighted by Crippen LogP contribution is -2.24. The summed E-state index contributed by atoms with van der Waals surface area (Å²) in [4.78, 5) is 16.9. The summed E-state index contributed by atoms with van der Waals surface area (Å²) in [5, 5.41) is 4.21. The van der Waals surface area contributed by atoms with Crippen LogP contribution in [0.4, 0.5) is 13.2 Å². The largest absolute Gasteiger partial charge is 0.416 e. The summed E-state index contributed by atoms with van der Waals surface area (Å²) in [6.07, 6.45) is -1.54. The lowest BCUT2D eigenvalue weighted by atomic mass is 10.1. The Labute approximate surface area is 161 Å². The first kappa shape index (κ1) is 18.2. The van der Waals surface area contributed by atoms with Crippen LogP contribution in [0.2, 0.25) is 5.02 Å². The highest BCUT2D eigenvalue weighted by molar-refractivity contribution is 6.32. The van der Waals surface area contributed by atoms with Gasteiger partial charge < -0.3 is 4.52 Å². The van der Waals surface area contributed by atoms with Crippen molar-refractivity contribution in [3.8, 4) is 5.69 Å². The second-order valence-corrected chi connectivity index (χ2v) is 6.47. The van der Waals surface area contributed by atoms with Crippen LogP contribution < -0.4 is 5.69 Å². The van der Waals surface area contributed by atoms with Gasteiger partial charge in [-0.3, -0.25) is 4.57 Å². The molecule has 0 aliphatic carbocycles. The van der Waals surface area contributed by atoms with Gasteiger partial charge in [0.25, 0.3) is 0 Å². The smallest absolute Gasteiger partial charge is 0.364 e. The van der Waals surface area contributed by atoms with Crippen LogP contribution >= 0.6 is 11.6 Å². The number of hydrogen-bond donors (Lipinski definition) is 0. The van der Waals surface area contributed by atoms with Crippen LogP contribution in [0.3, 0.4) is 0 Å². The van der Waals surface area contributed by atoms with Crippen LogP contribution in [0.1, 0.15) is 16.8 Å². The minimum Gasteiger partial charge on any atom is -0.364 e. The SMILES string of the molecule is O=c1nc(Cc2cnoc2)c2ccc(C(F)(F)F)cc2n1-c1ccccc1Cl. The number of para-hydroxylation sites is 1. The van der Waals surface area contributed by atoms with Crippen molar-refractivity contribution in [2.75, 3.05) is 0 Å². The van der Waals surface area contributed by atoms with E-state index in [1.807, 2.05) is 0 Å². The maximum atomic E-state index is 13.3.